The normalized spacial score (nSPS) is 45.6. The molecule has 0 aromatic carbocycles. The number of nitrogens with zero attached hydrogens (tertiary/aromatic N) is 1. The number of fused-ring (bicyclic) bond motifs is 1. The van der Waals surface area contributed by atoms with Crippen molar-refractivity contribution in [1.29, 1.82) is 0 Å². The van der Waals surface area contributed by atoms with Crippen LogP contribution >= 0.6 is 0 Å². The quantitative estimate of drug-likeness (QED) is 0.675. The van der Waals surface area contributed by atoms with Crippen LogP contribution in [0.25, 0.3) is 0 Å². The van der Waals surface area contributed by atoms with Crippen molar-refractivity contribution < 1.29 is 5.11 Å². The molecule has 3 heteroatoms. The Balaban J connectivity index is 1.84. The first-order valence-corrected chi connectivity index (χ1v) is 6.59. The van der Waals surface area contributed by atoms with Crippen molar-refractivity contribution in [3.63, 3.8) is 0 Å². The van der Waals surface area contributed by atoms with Gasteiger partial charge in [-0.3, -0.25) is 0 Å². The van der Waals surface area contributed by atoms with Crippen LogP contribution in [-0.2, 0) is 0 Å². The molecule has 2 atom stereocenters. The summed E-state index contributed by atoms with van der Waals surface area (Å²) in [5, 5.41) is 8.86. The molecule has 2 aliphatic rings. The molecule has 1 saturated carbocycles. The van der Waals surface area contributed by atoms with Crippen molar-refractivity contribution in [3.05, 3.63) is 0 Å². The van der Waals surface area contributed by atoms with Crippen LogP contribution in [0, 0.1) is 17.8 Å². The van der Waals surface area contributed by atoms with E-state index in [1.54, 1.807) is 0 Å². The Bertz CT molecular complexity index is 128. The number of piperidine rings is 1. The summed E-state index contributed by atoms with van der Waals surface area (Å²) in [6.07, 6.45) is 0. The fourth-order valence-corrected chi connectivity index (χ4v) is 3.14. The van der Waals surface area contributed by atoms with Gasteiger partial charge >= 0.3 is 77.3 Å². The van der Waals surface area contributed by atoms with Gasteiger partial charge in [-0.05, 0) is 0 Å². The molecular weight excluding hydrogens is 321 g/mol. The van der Waals surface area contributed by atoms with Gasteiger partial charge in [-0.15, -0.1) is 0 Å². The van der Waals surface area contributed by atoms with Crippen molar-refractivity contribution in [2.45, 2.75) is 0 Å². The maximum atomic E-state index is 8.86. The second-order valence-electron chi connectivity index (χ2n) is 3.37. The zero-order chi connectivity index (χ0) is 7.14. The van der Waals surface area contributed by atoms with Gasteiger partial charge in [-0.25, -0.2) is 0 Å². The fraction of sp³-hybridized carbons (Fsp3) is 1.00. The minimum absolute atomic E-state index is 0.435. The molecule has 1 N–H and O–H groups in total. The Morgan fingerprint density at radius 2 is 2.00 bits per heavy atom. The molecule has 0 aromatic rings. The third-order valence-corrected chi connectivity index (χ3v) is 4.62. The minimum atomic E-state index is 0.435. The molecule has 1 aliphatic heterocycles. The Kier molecular flexibility index (Phi) is 2.03. The molecule has 3 radical (unpaired) electrons. The van der Waals surface area contributed by atoms with Gasteiger partial charge in [-0.2, -0.15) is 0 Å². The Labute approximate surface area is 77.3 Å². The average Bonchev–Trinajstić information content (AvgIpc) is 2.43. The number of aliphatic hydroxyl groups excluding tert-OH is 1. The van der Waals surface area contributed by atoms with Crippen LogP contribution < -0.4 is 0 Å². The van der Waals surface area contributed by atoms with E-state index in [-0.39, 0.29) is 0 Å². The molecule has 2 rings (SSSR count). The van der Waals surface area contributed by atoms with Gasteiger partial charge in [0.2, 0.25) is 0 Å². The maximum absolute atomic E-state index is 8.86. The van der Waals surface area contributed by atoms with Gasteiger partial charge in [0.05, 0.1) is 0 Å². The van der Waals surface area contributed by atoms with Crippen LogP contribution in [0.3, 0.4) is 0 Å². The zero-order valence-electron chi connectivity index (χ0n) is 5.95. The van der Waals surface area contributed by atoms with E-state index in [4.69, 9.17) is 5.11 Å². The molecule has 0 bridgehead atoms. The Morgan fingerprint density at radius 1 is 1.40 bits per heavy atom. The zero-order valence-corrected chi connectivity index (χ0v) is 9.84. The topological polar surface area (TPSA) is 23.5 Å². The van der Waals surface area contributed by atoms with E-state index >= 15 is 0 Å². The van der Waals surface area contributed by atoms with Crippen LogP contribution in [0.2, 0.25) is 0 Å². The average molecular weight is 333 g/mol. The van der Waals surface area contributed by atoms with Crippen LogP contribution in [0.4, 0.5) is 0 Å². The van der Waals surface area contributed by atoms with Crippen molar-refractivity contribution >= 4 is 25.8 Å². The van der Waals surface area contributed by atoms with Crippen molar-refractivity contribution in [1.82, 2.24) is 4.90 Å². The third kappa shape index (κ3) is 1.04. The molecule has 0 aromatic heterocycles. The second kappa shape index (κ2) is 2.71. The van der Waals surface area contributed by atoms with Gasteiger partial charge in [0.15, 0.2) is 0 Å². The number of hydrogen-bond donors (Lipinski definition) is 1. The first-order valence-electron chi connectivity index (χ1n) is 3.84. The van der Waals surface area contributed by atoms with Crippen LogP contribution in [-0.4, -0.2) is 59.6 Å². The summed E-state index contributed by atoms with van der Waals surface area (Å²) < 4.78 is 1.32. The van der Waals surface area contributed by atoms with E-state index in [1.165, 1.54) is 43.0 Å². The molecule has 2 fully saturated rings. The number of rotatable bonds is 2. The summed E-state index contributed by atoms with van der Waals surface area (Å²) in [6.45, 7) is 2.99. The van der Waals surface area contributed by atoms with Gasteiger partial charge in [-0.1, -0.05) is 0 Å². The van der Waals surface area contributed by atoms with Crippen LogP contribution in [0.5, 0.6) is 0 Å². The van der Waals surface area contributed by atoms with E-state index in [0.29, 0.717) is 12.5 Å². The molecule has 10 heavy (non-hydrogen) atoms. The van der Waals surface area contributed by atoms with Gasteiger partial charge < -0.3 is 0 Å². The van der Waals surface area contributed by atoms with Crippen molar-refractivity contribution in [3.8, 4) is 0 Å². The number of likely N-dealkylation sites (tertiary alicyclic amines) is 1. The molecular formula is C7H12NOPb. The number of aliphatic hydroxyl groups is 1. The van der Waals surface area contributed by atoms with E-state index in [2.05, 4.69) is 4.90 Å². The molecule has 1 aliphatic carbocycles. The van der Waals surface area contributed by atoms with Gasteiger partial charge in [0.25, 0.3) is 0 Å². The fourth-order valence-electron chi connectivity index (χ4n) is 2.14. The molecule has 55 valence electrons. The predicted octanol–water partition coefficient (Wildman–Crippen LogP) is -0.718. The standard InChI is InChI=1S/C7H12NO.Pb/c1-8-2-5-6(3-8)7(5)4-9;/h5-7,9H,1-4H2;. The molecule has 2 nitrogen and oxygen atoms in total. The molecule has 0 amide bonds. The van der Waals surface area contributed by atoms with Crippen LogP contribution in [0.1, 0.15) is 0 Å². The molecule has 1 heterocycles. The summed E-state index contributed by atoms with van der Waals surface area (Å²) in [7, 11) is 0. The summed E-state index contributed by atoms with van der Waals surface area (Å²) in [5.41, 5.74) is 0. The first-order chi connectivity index (χ1) is 4.86. The van der Waals surface area contributed by atoms with E-state index in [1.807, 2.05) is 0 Å². The number of hydrogen-bond acceptors (Lipinski definition) is 2. The Morgan fingerprint density at radius 3 is 2.40 bits per heavy atom. The molecule has 0 spiro atoms. The first kappa shape index (κ1) is 7.49. The molecule has 2 unspecified atom stereocenters. The van der Waals surface area contributed by atoms with Gasteiger partial charge in [0, 0.05) is 0 Å². The second-order valence-corrected chi connectivity index (χ2v) is 4.60. The summed E-state index contributed by atoms with van der Waals surface area (Å²) in [6, 6.07) is 0. The summed E-state index contributed by atoms with van der Waals surface area (Å²) >= 11 is 1.30. The van der Waals surface area contributed by atoms with Crippen LogP contribution in [0.15, 0.2) is 0 Å². The summed E-state index contributed by atoms with van der Waals surface area (Å²) in [4.78, 5) is 2.54. The van der Waals surface area contributed by atoms with E-state index in [9.17, 15) is 0 Å². The van der Waals surface area contributed by atoms with Gasteiger partial charge in [0.1, 0.15) is 0 Å². The van der Waals surface area contributed by atoms with Crippen molar-refractivity contribution in [2.24, 2.45) is 17.8 Å². The van der Waals surface area contributed by atoms with E-state index < -0.39 is 0 Å². The monoisotopic (exact) mass is 334 g/mol. The van der Waals surface area contributed by atoms with Crippen molar-refractivity contribution in [2.75, 3.05) is 23.8 Å². The molecule has 1 saturated heterocycles. The van der Waals surface area contributed by atoms with E-state index in [0.717, 1.165) is 11.8 Å². The summed E-state index contributed by atoms with van der Waals surface area (Å²) in [5.74, 6) is 2.43. The predicted molar refractivity (Wildman–Crippen MR) is 39.7 cm³/mol. The Hall–Kier alpha value is 0.842. The SMILES string of the molecule is OCC1C2CN([CH2][Pb])CC12. The third-order valence-electron chi connectivity index (χ3n) is 2.88.